The molecule has 2 rings (SSSR count). The van der Waals surface area contributed by atoms with Crippen LogP contribution >= 0.6 is 15.9 Å². The molecule has 98 valence electrons. The summed E-state index contributed by atoms with van der Waals surface area (Å²) in [5.41, 5.74) is 1.61. The number of halogens is 1. The molecule has 5 nitrogen and oxygen atoms in total. The fourth-order valence-electron chi connectivity index (χ4n) is 1.55. The molecule has 0 saturated heterocycles. The molecule has 1 aromatic heterocycles. The van der Waals surface area contributed by atoms with Crippen molar-refractivity contribution < 1.29 is 9.66 Å². The fourth-order valence-corrected chi connectivity index (χ4v) is 1.79. The van der Waals surface area contributed by atoms with Crippen molar-refractivity contribution in [2.75, 3.05) is 0 Å². The minimum absolute atomic E-state index is 0.0446. The SMILES string of the molecule is Cc1cc(Oc2ncc([N+](=O)[O-])cc2C)ccc1Br. The quantitative estimate of drug-likeness (QED) is 0.628. The van der Waals surface area contributed by atoms with Gasteiger partial charge in [0.25, 0.3) is 5.69 Å². The van der Waals surface area contributed by atoms with Crippen LogP contribution in [0.4, 0.5) is 5.69 Å². The van der Waals surface area contributed by atoms with Gasteiger partial charge >= 0.3 is 0 Å². The Kier molecular flexibility index (Phi) is 3.80. The van der Waals surface area contributed by atoms with Crippen molar-refractivity contribution in [1.29, 1.82) is 0 Å². The van der Waals surface area contributed by atoms with Crippen LogP contribution in [0.3, 0.4) is 0 Å². The molecule has 0 radical (unpaired) electrons. The lowest BCUT2D eigenvalue weighted by Crippen LogP contribution is -1.95. The molecule has 0 aliphatic carbocycles. The third kappa shape index (κ3) is 3.08. The Labute approximate surface area is 118 Å². The molecule has 0 spiro atoms. The number of hydrogen-bond acceptors (Lipinski definition) is 4. The molecule has 0 atom stereocenters. The van der Waals surface area contributed by atoms with Gasteiger partial charge in [-0.1, -0.05) is 15.9 Å². The minimum atomic E-state index is -0.479. The summed E-state index contributed by atoms with van der Waals surface area (Å²) in [4.78, 5) is 14.1. The topological polar surface area (TPSA) is 65.3 Å². The van der Waals surface area contributed by atoms with Gasteiger partial charge in [0.1, 0.15) is 11.9 Å². The highest BCUT2D eigenvalue weighted by atomic mass is 79.9. The van der Waals surface area contributed by atoms with E-state index in [1.54, 1.807) is 13.0 Å². The Hall–Kier alpha value is -1.95. The molecular formula is C13H11BrN2O3. The molecule has 0 aliphatic heterocycles. The lowest BCUT2D eigenvalue weighted by Gasteiger charge is -2.08. The van der Waals surface area contributed by atoms with Crippen molar-refractivity contribution in [3.05, 3.63) is 56.2 Å². The smallest absolute Gasteiger partial charge is 0.288 e. The summed E-state index contributed by atoms with van der Waals surface area (Å²) >= 11 is 3.41. The van der Waals surface area contributed by atoms with E-state index in [-0.39, 0.29) is 5.69 Å². The summed E-state index contributed by atoms with van der Waals surface area (Å²) in [6.45, 7) is 3.67. The van der Waals surface area contributed by atoms with Gasteiger partial charge in [0.2, 0.25) is 5.88 Å². The summed E-state index contributed by atoms with van der Waals surface area (Å²) in [5, 5.41) is 10.6. The number of aromatic nitrogens is 1. The van der Waals surface area contributed by atoms with Gasteiger partial charge in [0, 0.05) is 16.1 Å². The van der Waals surface area contributed by atoms with Gasteiger partial charge in [0.05, 0.1) is 4.92 Å². The van der Waals surface area contributed by atoms with E-state index in [9.17, 15) is 10.1 Å². The van der Waals surface area contributed by atoms with Gasteiger partial charge in [-0.05, 0) is 37.6 Å². The van der Waals surface area contributed by atoms with Gasteiger partial charge < -0.3 is 4.74 Å². The van der Waals surface area contributed by atoms with E-state index >= 15 is 0 Å². The molecule has 0 saturated carbocycles. The summed E-state index contributed by atoms with van der Waals surface area (Å²) in [5.74, 6) is 1.01. The zero-order valence-corrected chi connectivity index (χ0v) is 12.0. The zero-order chi connectivity index (χ0) is 14.0. The van der Waals surface area contributed by atoms with E-state index < -0.39 is 4.92 Å². The largest absolute Gasteiger partial charge is 0.439 e. The Morgan fingerprint density at radius 3 is 2.58 bits per heavy atom. The van der Waals surface area contributed by atoms with Crippen molar-refractivity contribution in [3.63, 3.8) is 0 Å². The number of pyridine rings is 1. The predicted octanol–water partition coefficient (Wildman–Crippen LogP) is 4.16. The Bertz CT molecular complexity index is 644. The van der Waals surface area contributed by atoms with Crippen molar-refractivity contribution in [1.82, 2.24) is 4.98 Å². The van der Waals surface area contributed by atoms with Crippen molar-refractivity contribution >= 4 is 21.6 Å². The van der Waals surface area contributed by atoms with E-state index in [0.717, 1.165) is 10.0 Å². The summed E-state index contributed by atoms with van der Waals surface area (Å²) in [7, 11) is 0. The molecule has 1 aromatic carbocycles. The Morgan fingerprint density at radius 1 is 1.26 bits per heavy atom. The normalized spacial score (nSPS) is 10.3. The van der Waals surface area contributed by atoms with Crippen LogP contribution in [0, 0.1) is 24.0 Å². The van der Waals surface area contributed by atoms with Crippen molar-refractivity contribution in [3.8, 4) is 11.6 Å². The van der Waals surface area contributed by atoms with Gasteiger partial charge in [-0.25, -0.2) is 4.98 Å². The van der Waals surface area contributed by atoms with Crippen LogP contribution in [0.5, 0.6) is 11.6 Å². The molecule has 0 aliphatic rings. The number of ether oxygens (including phenoxy) is 1. The molecule has 19 heavy (non-hydrogen) atoms. The highest BCUT2D eigenvalue weighted by molar-refractivity contribution is 9.10. The first-order valence-corrected chi connectivity index (χ1v) is 6.31. The summed E-state index contributed by atoms with van der Waals surface area (Å²) < 4.78 is 6.62. The van der Waals surface area contributed by atoms with Crippen molar-refractivity contribution in [2.24, 2.45) is 0 Å². The molecule has 1 heterocycles. The Morgan fingerprint density at radius 2 is 2.00 bits per heavy atom. The summed E-state index contributed by atoms with van der Waals surface area (Å²) in [6, 6.07) is 6.99. The molecular weight excluding hydrogens is 312 g/mol. The monoisotopic (exact) mass is 322 g/mol. The maximum absolute atomic E-state index is 10.6. The van der Waals surface area contributed by atoms with Crippen molar-refractivity contribution in [2.45, 2.75) is 13.8 Å². The second-order valence-corrected chi connectivity index (χ2v) is 4.94. The molecule has 0 bridgehead atoms. The van der Waals surface area contributed by atoms with Crippen LogP contribution in [-0.4, -0.2) is 9.91 Å². The van der Waals surface area contributed by atoms with E-state index in [2.05, 4.69) is 20.9 Å². The maximum atomic E-state index is 10.6. The second kappa shape index (κ2) is 5.36. The number of aryl methyl sites for hydroxylation is 2. The number of hydrogen-bond donors (Lipinski definition) is 0. The molecule has 2 aromatic rings. The second-order valence-electron chi connectivity index (χ2n) is 4.09. The highest BCUT2D eigenvalue weighted by Crippen LogP contribution is 2.28. The van der Waals surface area contributed by atoms with E-state index in [4.69, 9.17) is 4.74 Å². The summed E-state index contributed by atoms with van der Waals surface area (Å²) in [6.07, 6.45) is 1.19. The zero-order valence-electron chi connectivity index (χ0n) is 10.4. The first kappa shape index (κ1) is 13.5. The van der Waals surface area contributed by atoms with E-state index in [1.165, 1.54) is 12.3 Å². The Balaban J connectivity index is 2.28. The van der Waals surface area contributed by atoms with Gasteiger partial charge in [-0.15, -0.1) is 0 Å². The fraction of sp³-hybridized carbons (Fsp3) is 0.154. The molecule has 0 fully saturated rings. The first-order chi connectivity index (χ1) is 8.97. The number of nitrogens with zero attached hydrogens (tertiary/aromatic N) is 2. The number of benzene rings is 1. The predicted molar refractivity (Wildman–Crippen MR) is 74.6 cm³/mol. The lowest BCUT2D eigenvalue weighted by molar-refractivity contribution is -0.385. The average molecular weight is 323 g/mol. The number of nitro groups is 1. The standard InChI is InChI=1S/C13H11BrN2O3/c1-8-6-11(3-4-12(8)14)19-13-9(2)5-10(7-15-13)16(17)18/h3-7H,1-2H3. The van der Waals surface area contributed by atoms with Crippen LogP contribution in [0.1, 0.15) is 11.1 Å². The first-order valence-electron chi connectivity index (χ1n) is 5.52. The molecule has 0 amide bonds. The van der Waals surface area contributed by atoms with Gasteiger partial charge in [0.15, 0.2) is 0 Å². The molecule has 0 N–H and O–H groups in total. The van der Waals surface area contributed by atoms with Gasteiger partial charge in [-0.3, -0.25) is 10.1 Å². The van der Waals surface area contributed by atoms with Crippen LogP contribution in [0.15, 0.2) is 34.9 Å². The van der Waals surface area contributed by atoms with E-state index in [0.29, 0.717) is 17.2 Å². The van der Waals surface area contributed by atoms with Crippen LogP contribution in [-0.2, 0) is 0 Å². The van der Waals surface area contributed by atoms with Crippen LogP contribution in [0.25, 0.3) is 0 Å². The molecule has 6 heteroatoms. The van der Waals surface area contributed by atoms with Crippen LogP contribution in [0.2, 0.25) is 0 Å². The van der Waals surface area contributed by atoms with Gasteiger partial charge in [-0.2, -0.15) is 0 Å². The number of rotatable bonds is 3. The molecule has 0 unspecified atom stereocenters. The maximum Gasteiger partial charge on any atom is 0.288 e. The minimum Gasteiger partial charge on any atom is -0.439 e. The average Bonchev–Trinajstić information content (AvgIpc) is 2.36. The van der Waals surface area contributed by atoms with Crippen LogP contribution < -0.4 is 4.74 Å². The third-order valence-electron chi connectivity index (χ3n) is 2.57. The third-order valence-corrected chi connectivity index (χ3v) is 3.46. The highest BCUT2D eigenvalue weighted by Gasteiger charge is 2.11. The van der Waals surface area contributed by atoms with E-state index in [1.807, 2.05) is 19.1 Å². The lowest BCUT2D eigenvalue weighted by atomic mass is 10.2.